The Bertz CT molecular complexity index is 606. The van der Waals surface area contributed by atoms with E-state index in [1.807, 2.05) is 37.3 Å². The summed E-state index contributed by atoms with van der Waals surface area (Å²) in [5, 5.41) is 11.9. The van der Waals surface area contributed by atoms with Crippen molar-refractivity contribution in [2.24, 2.45) is 0 Å². The van der Waals surface area contributed by atoms with Crippen LogP contribution >= 0.6 is 0 Å². The van der Waals surface area contributed by atoms with Crippen molar-refractivity contribution < 1.29 is 14.3 Å². The molecule has 5 heteroatoms. The van der Waals surface area contributed by atoms with E-state index in [4.69, 9.17) is 9.52 Å². The molecule has 0 aliphatic heterocycles. The number of hydrogen-bond acceptors (Lipinski definition) is 4. The van der Waals surface area contributed by atoms with Crippen molar-refractivity contribution in [1.82, 2.24) is 10.3 Å². The second kappa shape index (κ2) is 7.75. The van der Waals surface area contributed by atoms with Crippen molar-refractivity contribution in [3.63, 3.8) is 0 Å². The van der Waals surface area contributed by atoms with E-state index in [1.165, 1.54) is 0 Å². The first-order valence-corrected chi connectivity index (χ1v) is 7.52. The van der Waals surface area contributed by atoms with E-state index in [-0.39, 0.29) is 5.91 Å². The Morgan fingerprint density at radius 1 is 1.36 bits per heavy atom. The van der Waals surface area contributed by atoms with Crippen LogP contribution in [0.2, 0.25) is 0 Å². The summed E-state index contributed by atoms with van der Waals surface area (Å²) < 4.78 is 5.76. The highest BCUT2D eigenvalue weighted by molar-refractivity contribution is 5.76. The van der Waals surface area contributed by atoms with Crippen molar-refractivity contribution >= 4 is 5.91 Å². The number of nitrogens with one attached hydrogen (secondary N) is 1. The third-order valence-corrected chi connectivity index (χ3v) is 3.33. The van der Waals surface area contributed by atoms with E-state index in [1.54, 1.807) is 6.92 Å². The predicted octanol–water partition coefficient (Wildman–Crippen LogP) is 2.47. The molecule has 0 aliphatic carbocycles. The predicted molar refractivity (Wildman–Crippen MR) is 84.3 cm³/mol. The summed E-state index contributed by atoms with van der Waals surface area (Å²) in [6.07, 6.45) is 0.951. The largest absolute Gasteiger partial charge is 0.440 e. The number of aryl methyl sites for hydroxylation is 2. The minimum Gasteiger partial charge on any atom is -0.440 e. The molecule has 5 nitrogen and oxygen atoms in total. The Morgan fingerprint density at radius 2 is 2.09 bits per heavy atom. The zero-order valence-corrected chi connectivity index (χ0v) is 13.0. The second-order valence-electron chi connectivity index (χ2n) is 5.38. The van der Waals surface area contributed by atoms with Crippen LogP contribution in [0.5, 0.6) is 0 Å². The van der Waals surface area contributed by atoms with Gasteiger partial charge >= 0.3 is 0 Å². The van der Waals surface area contributed by atoms with Gasteiger partial charge in [0, 0.05) is 24.9 Å². The third kappa shape index (κ3) is 4.70. The third-order valence-electron chi connectivity index (χ3n) is 3.33. The number of amides is 1. The molecular formula is C17H22N2O3. The summed E-state index contributed by atoms with van der Waals surface area (Å²) in [6.45, 7) is 4.08. The molecule has 1 amide bonds. The average Bonchev–Trinajstić information content (AvgIpc) is 2.87. The van der Waals surface area contributed by atoms with Gasteiger partial charge in [0.15, 0.2) is 11.7 Å². The van der Waals surface area contributed by atoms with Crippen molar-refractivity contribution in [3.8, 4) is 11.3 Å². The molecule has 1 atom stereocenters. The number of hydrogen-bond donors (Lipinski definition) is 2. The smallest absolute Gasteiger partial charge is 0.220 e. The molecule has 2 aromatic rings. The van der Waals surface area contributed by atoms with Crippen LogP contribution in [0.1, 0.15) is 31.4 Å². The van der Waals surface area contributed by atoms with Crippen molar-refractivity contribution in [1.29, 1.82) is 0 Å². The van der Waals surface area contributed by atoms with Gasteiger partial charge in [0.05, 0.1) is 11.8 Å². The molecule has 2 rings (SSSR count). The zero-order chi connectivity index (χ0) is 15.9. The summed E-state index contributed by atoms with van der Waals surface area (Å²) >= 11 is 0. The zero-order valence-electron chi connectivity index (χ0n) is 13.0. The summed E-state index contributed by atoms with van der Waals surface area (Å²) in [6, 6.07) is 9.80. The van der Waals surface area contributed by atoms with Gasteiger partial charge in [-0.2, -0.15) is 0 Å². The minimum absolute atomic E-state index is 0.0576. The average molecular weight is 302 g/mol. The molecule has 0 saturated carbocycles. The summed E-state index contributed by atoms with van der Waals surface area (Å²) in [5.41, 5.74) is 1.82. The van der Waals surface area contributed by atoms with Crippen LogP contribution in [0.4, 0.5) is 0 Å². The lowest BCUT2D eigenvalue weighted by Gasteiger charge is -2.05. The van der Waals surface area contributed by atoms with Gasteiger partial charge in [-0.25, -0.2) is 4.98 Å². The van der Waals surface area contributed by atoms with Crippen LogP contribution in [-0.4, -0.2) is 28.6 Å². The highest BCUT2D eigenvalue weighted by Crippen LogP contribution is 2.24. The number of aliphatic hydroxyl groups excluding tert-OH is 1. The maximum atomic E-state index is 11.7. The van der Waals surface area contributed by atoms with E-state index >= 15 is 0 Å². The molecule has 1 aromatic heterocycles. The Morgan fingerprint density at radius 3 is 2.77 bits per heavy atom. The molecule has 1 aromatic carbocycles. The minimum atomic E-state index is -0.400. The van der Waals surface area contributed by atoms with Gasteiger partial charge in [-0.05, 0) is 20.3 Å². The highest BCUT2D eigenvalue weighted by atomic mass is 16.4. The fourth-order valence-electron chi connectivity index (χ4n) is 2.15. The van der Waals surface area contributed by atoms with Crippen LogP contribution in [0, 0.1) is 6.92 Å². The molecule has 0 saturated heterocycles. The van der Waals surface area contributed by atoms with E-state index in [2.05, 4.69) is 10.3 Å². The van der Waals surface area contributed by atoms with E-state index in [0.717, 1.165) is 17.0 Å². The summed E-state index contributed by atoms with van der Waals surface area (Å²) in [5.74, 6) is 1.27. The first kappa shape index (κ1) is 16.2. The molecule has 0 spiro atoms. The lowest BCUT2D eigenvalue weighted by Crippen LogP contribution is -2.26. The van der Waals surface area contributed by atoms with Gasteiger partial charge in [-0.15, -0.1) is 0 Å². The normalized spacial score (nSPS) is 12.1. The SMILES string of the molecule is Cc1nc(CCC(=O)NCCC(C)O)oc1-c1ccccc1. The molecule has 2 N–H and O–H groups in total. The molecule has 0 bridgehead atoms. The Kier molecular flexibility index (Phi) is 5.72. The van der Waals surface area contributed by atoms with Crippen molar-refractivity contribution in [2.45, 2.75) is 39.2 Å². The highest BCUT2D eigenvalue weighted by Gasteiger charge is 2.12. The molecule has 22 heavy (non-hydrogen) atoms. The fourth-order valence-corrected chi connectivity index (χ4v) is 2.15. The van der Waals surface area contributed by atoms with Crippen LogP contribution in [0.3, 0.4) is 0 Å². The topological polar surface area (TPSA) is 75.4 Å². The number of nitrogens with zero attached hydrogens (tertiary/aromatic N) is 1. The maximum Gasteiger partial charge on any atom is 0.220 e. The van der Waals surface area contributed by atoms with E-state index < -0.39 is 6.10 Å². The molecule has 0 aliphatic rings. The van der Waals surface area contributed by atoms with E-state index in [0.29, 0.717) is 31.7 Å². The van der Waals surface area contributed by atoms with Crippen LogP contribution < -0.4 is 5.32 Å². The number of aliphatic hydroxyl groups is 1. The molecule has 118 valence electrons. The van der Waals surface area contributed by atoms with Gasteiger partial charge in [-0.1, -0.05) is 30.3 Å². The number of aromatic nitrogens is 1. The molecular weight excluding hydrogens is 280 g/mol. The van der Waals surface area contributed by atoms with Gasteiger partial charge in [0.1, 0.15) is 0 Å². The van der Waals surface area contributed by atoms with Crippen LogP contribution in [0.15, 0.2) is 34.7 Å². The number of carbonyl (C=O) groups excluding carboxylic acids is 1. The number of oxazole rings is 1. The summed E-state index contributed by atoms with van der Waals surface area (Å²) in [7, 11) is 0. The first-order valence-electron chi connectivity index (χ1n) is 7.52. The Balaban J connectivity index is 1.88. The van der Waals surface area contributed by atoms with E-state index in [9.17, 15) is 4.79 Å². The molecule has 0 fully saturated rings. The lowest BCUT2D eigenvalue weighted by molar-refractivity contribution is -0.121. The first-order chi connectivity index (χ1) is 10.6. The van der Waals surface area contributed by atoms with Gasteiger partial charge in [-0.3, -0.25) is 4.79 Å². The number of rotatable bonds is 7. The lowest BCUT2D eigenvalue weighted by atomic mass is 10.1. The van der Waals surface area contributed by atoms with Crippen LogP contribution in [0.25, 0.3) is 11.3 Å². The number of benzene rings is 1. The Labute approximate surface area is 130 Å². The fraction of sp³-hybridized carbons (Fsp3) is 0.412. The molecule has 1 unspecified atom stereocenters. The Hall–Kier alpha value is -2.14. The van der Waals surface area contributed by atoms with Gasteiger partial charge in [0.2, 0.25) is 5.91 Å². The van der Waals surface area contributed by atoms with Crippen molar-refractivity contribution in [2.75, 3.05) is 6.54 Å². The van der Waals surface area contributed by atoms with Gasteiger partial charge in [0.25, 0.3) is 0 Å². The maximum absolute atomic E-state index is 11.7. The second-order valence-corrected chi connectivity index (χ2v) is 5.38. The van der Waals surface area contributed by atoms with Crippen LogP contribution in [-0.2, 0) is 11.2 Å². The van der Waals surface area contributed by atoms with Crippen molar-refractivity contribution in [3.05, 3.63) is 41.9 Å². The summed E-state index contributed by atoms with van der Waals surface area (Å²) in [4.78, 5) is 16.1. The standard InChI is InChI=1S/C17H22N2O3/c1-12(20)10-11-18-15(21)8-9-16-19-13(2)17(22-16)14-6-4-3-5-7-14/h3-7,12,20H,8-11H2,1-2H3,(H,18,21). The molecule has 1 heterocycles. The quantitative estimate of drug-likeness (QED) is 0.824. The molecule has 0 radical (unpaired) electrons. The van der Waals surface area contributed by atoms with Gasteiger partial charge < -0.3 is 14.8 Å². The number of carbonyl (C=O) groups is 1. The monoisotopic (exact) mass is 302 g/mol.